The van der Waals surface area contributed by atoms with Crippen molar-refractivity contribution in [2.45, 2.75) is 38.6 Å². The van der Waals surface area contributed by atoms with E-state index in [2.05, 4.69) is 17.6 Å². The van der Waals surface area contributed by atoms with Gasteiger partial charge < -0.3 is 20.4 Å². The van der Waals surface area contributed by atoms with Crippen LogP contribution in [0.3, 0.4) is 0 Å². The summed E-state index contributed by atoms with van der Waals surface area (Å²) in [6.45, 7) is 6.75. The minimum Gasteiger partial charge on any atom is -0.338 e. The Bertz CT molecular complexity index is 414. The summed E-state index contributed by atoms with van der Waals surface area (Å²) in [4.78, 5) is 28.7. The third-order valence-corrected chi connectivity index (χ3v) is 5.26. The number of piperidine rings is 1. The maximum atomic E-state index is 13.1. The molecule has 118 valence electrons. The van der Waals surface area contributed by atoms with E-state index >= 15 is 0 Å². The molecule has 6 nitrogen and oxygen atoms in total. The summed E-state index contributed by atoms with van der Waals surface area (Å²) in [5.41, 5.74) is -0.168. The van der Waals surface area contributed by atoms with E-state index in [1.54, 1.807) is 0 Å². The van der Waals surface area contributed by atoms with Gasteiger partial charge in [0.1, 0.15) is 0 Å². The quantitative estimate of drug-likeness (QED) is 0.791. The first-order chi connectivity index (χ1) is 10.2. The van der Waals surface area contributed by atoms with Crippen LogP contribution < -0.4 is 10.6 Å². The Morgan fingerprint density at radius 1 is 1.33 bits per heavy atom. The van der Waals surface area contributed by atoms with Crippen molar-refractivity contribution < 1.29 is 9.59 Å². The first-order valence-corrected chi connectivity index (χ1v) is 8.21. The first-order valence-electron chi connectivity index (χ1n) is 8.21. The molecule has 0 spiro atoms. The average Bonchev–Trinajstić information content (AvgIpc) is 2.88. The number of nitrogens with one attached hydrogen (secondary N) is 2. The van der Waals surface area contributed by atoms with Gasteiger partial charge in [-0.05, 0) is 32.4 Å². The van der Waals surface area contributed by atoms with Crippen LogP contribution >= 0.6 is 0 Å². The predicted molar refractivity (Wildman–Crippen MR) is 79.9 cm³/mol. The molecule has 3 rings (SSSR count). The number of amides is 3. The molecule has 3 heterocycles. The fraction of sp³-hybridized carbons (Fsp3) is 0.867. The summed E-state index contributed by atoms with van der Waals surface area (Å²) in [6, 6.07) is 0.188. The molecule has 0 aliphatic carbocycles. The lowest BCUT2D eigenvalue weighted by molar-refractivity contribution is -0.146. The molecule has 0 bridgehead atoms. The van der Waals surface area contributed by atoms with Gasteiger partial charge >= 0.3 is 6.03 Å². The maximum Gasteiger partial charge on any atom is 0.317 e. The molecule has 1 atom stereocenters. The Kier molecular flexibility index (Phi) is 4.06. The molecule has 0 saturated carbocycles. The Labute approximate surface area is 126 Å². The average molecular weight is 294 g/mol. The van der Waals surface area contributed by atoms with Crippen molar-refractivity contribution >= 4 is 11.9 Å². The molecule has 0 aromatic rings. The van der Waals surface area contributed by atoms with Crippen LogP contribution in [0.15, 0.2) is 0 Å². The maximum absolute atomic E-state index is 13.1. The highest BCUT2D eigenvalue weighted by Crippen LogP contribution is 2.36. The summed E-state index contributed by atoms with van der Waals surface area (Å²) in [7, 11) is 0. The highest BCUT2D eigenvalue weighted by Gasteiger charge is 2.44. The number of nitrogens with zero attached hydrogens (tertiary/aromatic N) is 2. The molecular weight excluding hydrogens is 268 g/mol. The zero-order valence-corrected chi connectivity index (χ0v) is 12.9. The zero-order valence-electron chi connectivity index (χ0n) is 12.9. The second-order valence-corrected chi connectivity index (χ2v) is 6.56. The van der Waals surface area contributed by atoms with E-state index in [-0.39, 0.29) is 17.5 Å². The molecule has 6 heteroatoms. The van der Waals surface area contributed by atoms with Crippen LogP contribution in [0, 0.1) is 5.41 Å². The SMILES string of the molecule is CCCC1(C(=O)N2CCN3C(=O)NCC3C2)CCNCC1. The Morgan fingerprint density at radius 2 is 2.10 bits per heavy atom. The minimum absolute atomic E-state index is 0.0252. The van der Waals surface area contributed by atoms with Crippen molar-refractivity contribution in [1.82, 2.24) is 20.4 Å². The second kappa shape index (κ2) is 5.83. The number of rotatable bonds is 3. The van der Waals surface area contributed by atoms with Crippen LogP contribution in [-0.2, 0) is 4.79 Å². The molecule has 21 heavy (non-hydrogen) atoms. The fourth-order valence-corrected chi connectivity index (χ4v) is 4.08. The minimum atomic E-state index is -0.168. The van der Waals surface area contributed by atoms with Gasteiger partial charge in [0.2, 0.25) is 5.91 Å². The summed E-state index contributed by atoms with van der Waals surface area (Å²) in [6.07, 6.45) is 3.92. The number of hydrogen-bond acceptors (Lipinski definition) is 3. The Hall–Kier alpha value is -1.30. The van der Waals surface area contributed by atoms with Crippen molar-refractivity contribution in [3.63, 3.8) is 0 Å². The van der Waals surface area contributed by atoms with Gasteiger partial charge in [-0.2, -0.15) is 0 Å². The van der Waals surface area contributed by atoms with E-state index in [0.717, 1.165) is 38.8 Å². The van der Waals surface area contributed by atoms with Crippen molar-refractivity contribution in [2.75, 3.05) is 39.3 Å². The lowest BCUT2D eigenvalue weighted by Gasteiger charge is -2.44. The number of carbonyl (C=O) groups is 2. The molecule has 3 aliphatic rings. The van der Waals surface area contributed by atoms with Gasteiger partial charge in [-0.3, -0.25) is 4.79 Å². The second-order valence-electron chi connectivity index (χ2n) is 6.56. The number of carbonyl (C=O) groups excluding carboxylic acids is 2. The fourth-order valence-electron chi connectivity index (χ4n) is 4.08. The van der Waals surface area contributed by atoms with E-state index in [1.165, 1.54) is 0 Å². The molecule has 0 aromatic heterocycles. The van der Waals surface area contributed by atoms with Crippen LogP contribution in [-0.4, -0.2) is 67.0 Å². The third kappa shape index (κ3) is 2.61. The predicted octanol–water partition coefficient (Wildman–Crippen LogP) is 0.392. The Morgan fingerprint density at radius 3 is 2.81 bits per heavy atom. The highest BCUT2D eigenvalue weighted by atomic mass is 16.2. The molecule has 3 amide bonds. The van der Waals surface area contributed by atoms with E-state index < -0.39 is 0 Å². The summed E-state index contributed by atoms with van der Waals surface area (Å²) >= 11 is 0. The molecule has 0 aromatic carbocycles. The number of fused-ring (bicyclic) bond motifs is 1. The van der Waals surface area contributed by atoms with Gasteiger partial charge in [-0.15, -0.1) is 0 Å². The monoisotopic (exact) mass is 294 g/mol. The first kappa shape index (κ1) is 14.6. The van der Waals surface area contributed by atoms with Crippen molar-refractivity contribution in [2.24, 2.45) is 5.41 Å². The number of piperazine rings is 1. The smallest absolute Gasteiger partial charge is 0.317 e. The van der Waals surface area contributed by atoms with Crippen LogP contribution in [0.1, 0.15) is 32.6 Å². The molecular formula is C15H26N4O2. The van der Waals surface area contributed by atoms with Crippen molar-refractivity contribution in [3.8, 4) is 0 Å². The molecule has 3 aliphatic heterocycles. The number of urea groups is 1. The molecule has 3 fully saturated rings. The van der Waals surface area contributed by atoms with Gasteiger partial charge in [0, 0.05) is 26.2 Å². The van der Waals surface area contributed by atoms with Crippen LogP contribution in [0.25, 0.3) is 0 Å². The van der Waals surface area contributed by atoms with Crippen molar-refractivity contribution in [3.05, 3.63) is 0 Å². The molecule has 2 N–H and O–H groups in total. The van der Waals surface area contributed by atoms with Crippen LogP contribution in [0.5, 0.6) is 0 Å². The summed E-state index contributed by atoms with van der Waals surface area (Å²) in [5.74, 6) is 0.324. The molecule has 0 radical (unpaired) electrons. The largest absolute Gasteiger partial charge is 0.338 e. The number of hydrogen-bond donors (Lipinski definition) is 2. The van der Waals surface area contributed by atoms with Crippen molar-refractivity contribution in [1.29, 1.82) is 0 Å². The normalized spacial score (nSPS) is 28.2. The standard InChI is InChI=1S/C15H26N4O2/c1-2-3-15(4-6-16-7-5-15)13(20)18-8-9-19-12(11-18)10-17-14(19)21/h12,16H,2-11H2,1H3,(H,17,21). The van der Waals surface area contributed by atoms with Crippen LogP contribution in [0.4, 0.5) is 4.79 Å². The lowest BCUT2D eigenvalue weighted by Crippen LogP contribution is -2.58. The van der Waals surface area contributed by atoms with Gasteiger partial charge in [-0.1, -0.05) is 13.3 Å². The molecule has 3 saturated heterocycles. The van der Waals surface area contributed by atoms with E-state index in [1.807, 2.05) is 9.80 Å². The lowest BCUT2D eigenvalue weighted by atomic mass is 9.74. The van der Waals surface area contributed by atoms with E-state index in [0.29, 0.717) is 32.1 Å². The third-order valence-electron chi connectivity index (χ3n) is 5.26. The molecule has 1 unspecified atom stereocenters. The van der Waals surface area contributed by atoms with Gasteiger partial charge in [0.15, 0.2) is 0 Å². The van der Waals surface area contributed by atoms with E-state index in [9.17, 15) is 9.59 Å². The van der Waals surface area contributed by atoms with E-state index in [4.69, 9.17) is 0 Å². The van der Waals surface area contributed by atoms with Gasteiger partial charge in [0.05, 0.1) is 11.5 Å². The van der Waals surface area contributed by atoms with Gasteiger partial charge in [-0.25, -0.2) is 4.79 Å². The zero-order chi connectivity index (χ0) is 14.9. The summed E-state index contributed by atoms with van der Waals surface area (Å²) < 4.78 is 0. The topological polar surface area (TPSA) is 64.7 Å². The Balaban J connectivity index is 1.70. The van der Waals surface area contributed by atoms with Gasteiger partial charge in [0.25, 0.3) is 0 Å². The summed E-state index contributed by atoms with van der Waals surface area (Å²) in [5, 5.41) is 6.24. The van der Waals surface area contributed by atoms with Crippen LogP contribution in [0.2, 0.25) is 0 Å². The highest BCUT2D eigenvalue weighted by molar-refractivity contribution is 5.84.